The molecule has 0 radical (unpaired) electrons. The maximum absolute atomic E-state index is 11.9. The highest BCUT2D eigenvalue weighted by Gasteiger charge is 2.36. The van der Waals surface area contributed by atoms with Gasteiger partial charge in [0.15, 0.2) is 0 Å². The Bertz CT molecular complexity index is 460. The second kappa shape index (κ2) is 5.12. The van der Waals surface area contributed by atoms with Gasteiger partial charge >= 0.3 is 16.3 Å². The number of ether oxygens (including phenoxy) is 1. The molecule has 1 fully saturated rings. The molecule has 0 aliphatic carbocycles. The topological polar surface area (TPSA) is 99.5 Å². The lowest BCUT2D eigenvalue weighted by molar-refractivity contribution is 0.0567. The van der Waals surface area contributed by atoms with E-state index in [0.717, 1.165) is 4.31 Å². The van der Waals surface area contributed by atoms with E-state index in [-0.39, 0.29) is 6.54 Å². The van der Waals surface area contributed by atoms with Crippen LogP contribution >= 0.6 is 0 Å². The Kier molecular flexibility index (Phi) is 4.19. The lowest BCUT2D eigenvalue weighted by Gasteiger charge is -2.22. The number of hydrogen-bond donors (Lipinski definition) is 1. The first-order valence-corrected chi connectivity index (χ1v) is 7.02. The number of nitriles is 1. The van der Waals surface area contributed by atoms with Gasteiger partial charge in [-0.15, -0.1) is 0 Å². The number of amides is 1. The maximum Gasteiger partial charge on any atom is 0.422 e. The number of carbonyl (C=O) groups excluding carboxylic acids is 1. The Labute approximate surface area is 107 Å². The summed E-state index contributed by atoms with van der Waals surface area (Å²) in [4.78, 5) is 11.4. The van der Waals surface area contributed by atoms with Crippen LogP contribution in [-0.2, 0) is 14.9 Å². The molecular formula is C10H17N3O4S. The van der Waals surface area contributed by atoms with Crippen LogP contribution in [0.25, 0.3) is 0 Å². The minimum atomic E-state index is -4.01. The van der Waals surface area contributed by atoms with Crippen molar-refractivity contribution in [3.63, 3.8) is 0 Å². The van der Waals surface area contributed by atoms with E-state index in [1.807, 2.05) is 6.07 Å². The average Bonchev–Trinajstić information content (AvgIpc) is 2.61. The van der Waals surface area contributed by atoms with Gasteiger partial charge < -0.3 is 4.74 Å². The minimum absolute atomic E-state index is 0.232. The SMILES string of the molecule is CC(C)(C)OC(=O)NS(=O)(=O)N1CCCC1C#N. The Balaban J connectivity index is 2.71. The van der Waals surface area contributed by atoms with Crippen molar-refractivity contribution < 1.29 is 17.9 Å². The Morgan fingerprint density at radius 1 is 1.50 bits per heavy atom. The van der Waals surface area contributed by atoms with Gasteiger partial charge in [-0.05, 0) is 33.6 Å². The molecule has 1 aliphatic rings. The van der Waals surface area contributed by atoms with Crippen molar-refractivity contribution in [1.29, 1.82) is 5.26 Å². The quantitative estimate of drug-likeness (QED) is 0.801. The monoisotopic (exact) mass is 275 g/mol. The molecule has 0 saturated carbocycles. The van der Waals surface area contributed by atoms with Crippen molar-refractivity contribution in [1.82, 2.24) is 9.03 Å². The molecular weight excluding hydrogens is 258 g/mol. The third-order valence-corrected chi connectivity index (χ3v) is 3.75. The summed E-state index contributed by atoms with van der Waals surface area (Å²) in [5.41, 5.74) is -0.779. The van der Waals surface area contributed by atoms with E-state index in [1.54, 1.807) is 25.5 Å². The van der Waals surface area contributed by atoms with Crippen LogP contribution in [0.2, 0.25) is 0 Å². The van der Waals surface area contributed by atoms with E-state index < -0.39 is 27.9 Å². The molecule has 0 aromatic heterocycles. The van der Waals surface area contributed by atoms with E-state index >= 15 is 0 Å². The third kappa shape index (κ3) is 3.85. The normalized spacial score (nSPS) is 21.3. The first-order chi connectivity index (χ1) is 8.15. The van der Waals surface area contributed by atoms with E-state index in [0.29, 0.717) is 12.8 Å². The molecule has 1 N–H and O–H groups in total. The highest BCUT2D eigenvalue weighted by molar-refractivity contribution is 7.87. The molecule has 8 heteroatoms. The Morgan fingerprint density at radius 2 is 2.11 bits per heavy atom. The van der Waals surface area contributed by atoms with Crippen molar-refractivity contribution in [2.75, 3.05) is 6.54 Å². The van der Waals surface area contributed by atoms with Crippen molar-refractivity contribution in [3.05, 3.63) is 0 Å². The van der Waals surface area contributed by atoms with Crippen LogP contribution in [0.3, 0.4) is 0 Å². The van der Waals surface area contributed by atoms with Gasteiger partial charge in [0, 0.05) is 6.54 Å². The van der Waals surface area contributed by atoms with Crippen molar-refractivity contribution in [2.45, 2.75) is 45.3 Å². The van der Waals surface area contributed by atoms with Gasteiger partial charge in [0.1, 0.15) is 11.6 Å². The van der Waals surface area contributed by atoms with E-state index in [9.17, 15) is 13.2 Å². The van der Waals surface area contributed by atoms with Crippen molar-refractivity contribution in [2.24, 2.45) is 0 Å². The van der Waals surface area contributed by atoms with Crippen LogP contribution in [0.1, 0.15) is 33.6 Å². The molecule has 1 heterocycles. The first-order valence-electron chi connectivity index (χ1n) is 5.58. The van der Waals surface area contributed by atoms with Crippen LogP contribution in [0.15, 0.2) is 0 Å². The van der Waals surface area contributed by atoms with Gasteiger partial charge in [0.2, 0.25) is 0 Å². The second-order valence-corrected chi connectivity index (χ2v) is 6.63. The number of nitrogens with one attached hydrogen (secondary N) is 1. The molecule has 1 amide bonds. The fraction of sp³-hybridized carbons (Fsp3) is 0.800. The Hall–Kier alpha value is -1.33. The summed E-state index contributed by atoms with van der Waals surface area (Å²) >= 11 is 0. The summed E-state index contributed by atoms with van der Waals surface area (Å²) in [6.45, 7) is 5.13. The predicted molar refractivity (Wildman–Crippen MR) is 63.6 cm³/mol. The molecule has 0 aromatic rings. The van der Waals surface area contributed by atoms with Gasteiger partial charge in [0.05, 0.1) is 6.07 Å². The summed E-state index contributed by atoms with van der Waals surface area (Å²) in [6.07, 6.45) is 0.0465. The molecule has 0 aromatic carbocycles. The number of hydrogen-bond acceptors (Lipinski definition) is 5. The fourth-order valence-electron chi connectivity index (χ4n) is 1.62. The van der Waals surface area contributed by atoms with Gasteiger partial charge in [0.25, 0.3) is 0 Å². The molecule has 102 valence electrons. The molecule has 7 nitrogen and oxygen atoms in total. The zero-order valence-corrected chi connectivity index (χ0v) is 11.5. The van der Waals surface area contributed by atoms with E-state index in [2.05, 4.69) is 0 Å². The molecule has 1 atom stereocenters. The molecule has 0 spiro atoms. The summed E-state index contributed by atoms with van der Waals surface area (Å²) in [5, 5.41) is 8.82. The van der Waals surface area contributed by atoms with Gasteiger partial charge in [-0.25, -0.2) is 9.52 Å². The van der Waals surface area contributed by atoms with E-state index in [4.69, 9.17) is 10.00 Å². The van der Waals surface area contributed by atoms with Crippen LogP contribution in [-0.4, -0.2) is 37.0 Å². The van der Waals surface area contributed by atoms with Crippen molar-refractivity contribution >= 4 is 16.3 Å². The number of carbonyl (C=O) groups is 1. The lowest BCUT2D eigenvalue weighted by Crippen LogP contribution is -2.46. The summed E-state index contributed by atoms with van der Waals surface area (Å²) in [5.74, 6) is 0. The predicted octanol–water partition coefficient (Wildman–Crippen LogP) is 0.744. The third-order valence-electron chi connectivity index (χ3n) is 2.27. The minimum Gasteiger partial charge on any atom is -0.443 e. The molecule has 1 rings (SSSR count). The zero-order chi connectivity index (χ0) is 14.0. The highest BCUT2D eigenvalue weighted by atomic mass is 32.2. The first kappa shape index (κ1) is 14.7. The van der Waals surface area contributed by atoms with E-state index in [1.165, 1.54) is 0 Å². The fourth-order valence-corrected chi connectivity index (χ4v) is 2.85. The average molecular weight is 275 g/mol. The lowest BCUT2D eigenvalue weighted by atomic mass is 10.2. The van der Waals surface area contributed by atoms with Crippen LogP contribution in [0.5, 0.6) is 0 Å². The second-order valence-electron chi connectivity index (χ2n) is 5.01. The zero-order valence-electron chi connectivity index (χ0n) is 10.6. The Morgan fingerprint density at radius 3 is 2.61 bits per heavy atom. The number of rotatable bonds is 2. The largest absolute Gasteiger partial charge is 0.443 e. The summed E-state index contributed by atoms with van der Waals surface area (Å²) in [6, 6.07) is 1.18. The van der Waals surface area contributed by atoms with Gasteiger partial charge in [-0.1, -0.05) is 0 Å². The summed E-state index contributed by atoms with van der Waals surface area (Å²) < 4.78 is 31.4. The highest BCUT2D eigenvalue weighted by Crippen LogP contribution is 2.19. The molecule has 1 unspecified atom stereocenters. The van der Waals surface area contributed by atoms with Gasteiger partial charge in [-0.2, -0.15) is 18.0 Å². The molecule has 0 bridgehead atoms. The van der Waals surface area contributed by atoms with Crippen LogP contribution in [0, 0.1) is 11.3 Å². The smallest absolute Gasteiger partial charge is 0.422 e. The molecule has 1 aliphatic heterocycles. The molecule has 18 heavy (non-hydrogen) atoms. The standard InChI is InChI=1S/C10H17N3O4S/c1-10(2,3)17-9(14)12-18(15,16)13-6-4-5-8(13)7-11/h8H,4-6H2,1-3H3,(H,12,14). The van der Waals surface area contributed by atoms with Gasteiger partial charge in [-0.3, -0.25) is 0 Å². The maximum atomic E-state index is 11.9. The molecule has 1 saturated heterocycles. The number of nitrogens with zero attached hydrogens (tertiary/aromatic N) is 2. The van der Waals surface area contributed by atoms with Crippen molar-refractivity contribution in [3.8, 4) is 6.07 Å². The van der Waals surface area contributed by atoms with Crippen LogP contribution < -0.4 is 4.72 Å². The summed E-state index contributed by atoms with van der Waals surface area (Å²) in [7, 11) is -4.01. The van der Waals surface area contributed by atoms with Crippen LogP contribution in [0.4, 0.5) is 4.79 Å².